The first-order chi connectivity index (χ1) is 12.0. The third-order valence-corrected chi connectivity index (χ3v) is 4.21. The smallest absolute Gasteiger partial charge is 0.324 e. The van der Waals surface area contributed by atoms with Crippen LogP contribution in [0.25, 0.3) is 0 Å². The van der Waals surface area contributed by atoms with E-state index in [0.29, 0.717) is 10.1 Å². The monoisotopic (exact) mass is 355 g/mol. The average molecular weight is 355 g/mol. The van der Waals surface area contributed by atoms with Crippen LogP contribution >= 0.6 is 11.8 Å². The van der Waals surface area contributed by atoms with E-state index in [9.17, 15) is 19.2 Å². The lowest BCUT2D eigenvalue weighted by Crippen LogP contribution is -2.34. The Balaban J connectivity index is 1.92. The van der Waals surface area contributed by atoms with E-state index >= 15 is 0 Å². The molecule has 0 bridgehead atoms. The first-order valence-electron chi connectivity index (χ1n) is 6.89. The molecule has 1 aromatic carbocycles. The first-order valence-corrected chi connectivity index (χ1v) is 8.12. The summed E-state index contributed by atoms with van der Waals surface area (Å²) in [4.78, 5) is 55.8. The summed E-state index contributed by atoms with van der Waals surface area (Å²) in [6.07, 6.45) is 1.66. The maximum Gasteiger partial charge on any atom is 0.369 e. The van der Waals surface area contributed by atoms with E-state index in [0.717, 1.165) is 17.8 Å². The van der Waals surface area contributed by atoms with Crippen molar-refractivity contribution in [3.8, 4) is 6.07 Å². The molecule has 0 aliphatic carbocycles. The molecule has 1 aliphatic heterocycles. The molecule has 2 amide bonds. The van der Waals surface area contributed by atoms with Crippen LogP contribution in [0.4, 0.5) is 0 Å². The summed E-state index contributed by atoms with van der Waals surface area (Å²) < 4.78 is 0. The lowest BCUT2D eigenvalue weighted by Gasteiger charge is -2.12. The van der Waals surface area contributed by atoms with Crippen LogP contribution in [0.15, 0.2) is 40.2 Å². The van der Waals surface area contributed by atoms with Crippen molar-refractivity contribution >= 4 is 29.5 Å². The second-order valence-corrected chi connectivity index (χ2v) is 5.72. The van der Waals surface area contributed by atoms with E-state index in [2.05, 4.69) is 4.98 Å². The number of hydrogen-bond acceptors (Lipinski definition) is 7. The van der Waals surface area contributed by atoms with Gasteiger partial charge in [0, 0.05) is 0 Å². The normalized spacial score (nSPS) is 12.7. The summed E-state index contributed by atoms with van der Waals surface area (Å²) in [5, 5.41) is 9.68. The van der Waals surface area contributed by atoms with Crippen molar-refractivity contribution in [3.05, 3.63) is 62.9 Å². The fourth-order valence-electron chi connectivity index (χ4n) is 2.29. The molecule has 8 nitrogen and oxygen atoms in total. The average Bonchev–Trinajstić information content (AvgIpc) is 2.86. The van der Waals surface area contributed by atoms with Crippen molar-refractivity contribution in [2.24, 2.45) is 0 Å². The van der Waals surface area contributed by atoms with Gasteiger partial charge in [-0.2, -0.15) is 5.26 Å². The molecular formula is C16H9N3O5S. The van der Waals surface area contributed by atoms with Crippen LogP contribution in [-0.2, 0) is 4.84 Å². The SMILES string of the molecule is CSc1[nH]c(=O)c(C(=O)ON2C(=O)c3ccccc3C2=O)cc1C#N. The van der Waals surface area contributed by atoms with Crippen LogP contribution in [0.5, 0.6) is 0 Å². The second-order valence-electron chi connectivity index (χ2n) is 4.90. The zero-order chi connectivity index (χ0) is 18.1. The fraction of sp³-hybridized carbons (Fsp3) is 0.0625. The third kappa shape index (κ3) is 2.68. The Morgan fingerprint density at radius 3 is 2.32 bits per heavy atom. The molecule has 0 saturated carbocycles. The number of imide groups is 1. The molecule has 0 atom stereocenters. The number of aromatic nitrogens is 1. The van der Waals surface area contributed by atoms with Crippen molar-refractivity contribution in [3.63, 3.8) is 0 Å². The number of carbonyl (C=O) groups is 3. The quantitative estimate of drug-likeness (QED) is 0.651. The van der Waals surface area contributed by atoms with Gasteiger partial charge < -0.3 is 9.82 Å². The van der Waals surface area contributed by atoms with Gasteiger partial charge in [-0.1, -0.05) is 17.2 Å². The molecule has 0 spiro atoms. The number of hydrogen-bond donors (Lipinski definition) is 1. The molecule has 124 valence electrons. The van der Waals surface area contributed by atoms with Gasteiger partial charge in [0.1, 0.15) is 11.6 Å². The lowest BCUT2D eigenvalue weighted by atomic mass is 10.1. The zero-order valence-corrected chi connectivity index (χ0v) is 13.5. The number of nitriles is 1. The number of nitrogens with one attached hydrogen (secondary N) is 1. The van der Waals surface area contributed by atoms with Crippen LogP contribution in [0.1, 0.15) is 36.6 Å². The Bertz CT molecular complexity index is 986. The maximum atomic E-state index is 12.2. The van der Waals surface area contributed by atoms with Gasteiger partial charge in [-0.25, -0.2) is 4.79 Å². The molecule has 9 heteroatoms. The van der Waals surface area contributed by atoms with Gasteiger partial charge >= 0.3 is 5.97 Å². The Morgan fingerprint density at radius 1 is 1.20 bits per heavy atom. The molecule has 1 aliphatic rings. The van der Waals surface area contributed by atoms with Crippen LogP contribution < -0.4 is 5.56 Å². The number of pyridine rings is 1. The number of benzene rings is 1. The van der Waals surface area contributed by atoms with E-state index in [1.165, 1.54) is 12.1 Å². The van der Waals surface area contributed by atoms with E-state index in [4.69, 9.17) is 10.1 Å². The number of nitrogens with zero attached hydrogens (tertiary/aromatic N) is 2. The molecule has 0 saturated heterocycles. The highest BCUT2D eigenvalue weighted by atomic mass is 32.2. The summed E-state index contributed by atoms with van der Waals surface area (Å²) in [5.74, 6) is -2.81. The van der Waals surface area contributed by atoms with Gasteiger partial charge in [-0.3, -0.25) is 14.4 Å². The number of rotatable bonds is 3. The summed E-state index contributed by atoms with van der Waals surface area (Å²) in [7, 11) is 0. The van der Waals surface area contributed by atoms with Crippen molar-refractivity contribution in [1.82, 2.24) is 10.0 Å². The molecule has 0 fully saturated rings. The number of thioether (sulfide) groups is 1. The molecule has 2 heterocycles. The molecule has 2 aromatic rings. The first kappa shape index (κ1) is 16.5. The van der Waals surface area contributed by atoms with Crippen molar-refractivity contribution in [2.75, 3.05) is 6.26 Å². The van der Waals surface area contributed by atoms with Gasteiger partial charge in [-0.05, 0) is 24.5 Å². The summed E-state index contributed by atoms with van der Waals surface area (Å²) in [5.41, 5.74) is -0.994. The zero-order valence-electron chi connectivity index (χ0n) is 12.7. The van der Waals surface area contributed by atoms with E-state index in [1.54, 1.807) is 18.4 Å². The van der Waals surface area contributed by atoms with E-state index < -0.39 is 28.9 Å². The highest BCUT2D eigenvalue weighted by molar-refractivity contribution is 7.98. The highest BCUT2D eigenvalue weighted by Crippen LogP contribution is 2.23. The Hall–Kier alpha value is -3.38. The predicted octanol–water partition coefficient (Wildman–Crippen LogP) is 1.34. The van der Waals surface area contributed by atoms with Crippen molar-refractivity contribution in [2.45, 2.75) is 5.03 Å². The van der Waals surface area contributed by atoms with Crippen LogP contribution in [0.2, 0.25) is 0 Å². The number of carbonyl (C=O) groups excluding carboxylic acids is 3. The highest BCUT2D eigenvalue weighted by Gasteiger charge is 2.39. The Morgan fingerprint density at radius 2 is 1.80 bits per heavy atom. The largest absolute Gasteiger partial charge is 0.369 e. The minimum Gasteiger partial charge on any atom is -0.324 e. The van der Waals surface area contributed by atoms with Crippen LogP contribution in [0.3, 0.4) is 0 Å². The van der Waals surface area contributed by atoms with Gasteiger partial charge in [0.05, 0.1) is 21.7 Å². The standard InChI is InChI=1S/C16H9N3O5S/c1-25-13-8(7-17)6-11(12(20)18-13)16(23)24-19-14(21)9-4-2-3-5-10(9)15(19)22/h2-6H,1H3,(H,18,20). The molecular weight excluding hydrogens is 346 g/mol. The Labute approximate surface area is 145 Å². The summed E-state index contributed by atoms with van der Waals surface area (Å²) in [6.45, 7) is 0. The summed E-state index contributed by atoms with van der Waals surface area (Å²) >= 11 is 1.13. The van der Waals surface area contributed by atoms with E-state index in [1.807, 2.05) is 6.07 Å². The molecule has 0 unspecified atom stereocenters. The van der Waals surface area contributed by atoms with Crippen LogP contribution in [-0.4, -0.2) is 34.1 Å². The number of fused-ring (bicyclic) bond motifs is 1. The second kappa shape index (κ2) is 6.26. The van der Waals surface area contributed by atoms with Gasteiger partial charge in [0.15, 0.2) is 0 Å². The van der Waals surface area contributed by atoms with Gasteiger partial charge in [-0.15, -0.1) is 11.8 Å². The van der Waals surface area contributed by atoms with Crippen molar-refractivity contribution < 1.29 is 19.2 Å². The number of amides is 2. The topological polar surface area (TPSA) is 120 Å². The van der Waals surface area contributed by atoms with Crippen molar-refractivity contribution in [1.29, 1.82) is 5.26 Å². The van der Waals surface area contributed by atoms with Gasteiger partial charge in [0.2, 0.25) is 0 Å². The molecule has 3 rings (SSSR count). The maximum absolute atomic E-state index is 12.2. The molecule has 25 heavy (non-hydrogen) atoms. The fourth-order valence-corrected chi connectivity index (χ4v) is 2.81. The third-order valence-electron chi connectivity index (χ3n) is 3.48. The number of H-pyrrole nitrogens is 1. The number of aromatic amines is 1. The lowest BCUT2D eigenvalue weighted by molar-refractivity contribution is -0.0585. The van der Waals surface area contributed by atoms with E-state index in [-0.39, 0.29) is 16.7 Å². The minimum absolute atomic E-state index is 0.0708. The Kier molecular flexibility index (Phi) is 4.12. The van der Waals surface area contributed by atoms with Crippen LogP contribution in [0, 0.1) is 11.3 Å². The number of hydroxylamine groups is 2. The molecule has 1 aromatic heterocycles. The van der Waals surface area contributed by atoms with Gasteiger partial charge in [0.25, 0.3) is 17.4 Å². The summed E-state index contributed by atoms with van der Waals surface area (Å²) in [6, 6.07) is 8.90. The molecule has 1 N–H and O–H groups in total. The predicted molar refractivity (Wildman–Crippen MR) is 85.9 cm³/mol. The molecule has 0 radical (unpaired) electrons. The minimum atomic E-state index is -1.21.